The summed E-state index contributed by atoms with van der Waals surface area (Å²) in [7, 11) is 0. The van der Waals surface area contributed by atoms with Gasteiger partial charge in [-0.15, -0.1) is 10.2 Å². The van der Waals surface area contributed by atoms with E-state index in [1.165, 1.54) is 25.9 Å². The molecule has 26 heavy (non-hydrogen) atoms. The van der Waals surface area contributed by atoms with Crippen LogP contribution in [0.5, 0.6) is 0 Å². The monoisotopic (exact) mass is 361 g/mol. The van der Waals surface area contributed by atoms with E-state index in [1.807, 2.05) is 4.90 Å². The van der Waals surface area contributed by atoms with Gasteiger partial charge in [0.2, 0.25) is 5.91 Å². The average Bonchev–Trinajstić information content (AvgIpc) is 3.23. The second kappa shape index (κ2) is 8.07. The first-order valence-corrected chi connectivity index (χ1v) is 10.3. The number of aromatic nitrogens is 3. The Morgan fingerprint density at radius 3 is 2.31 bits per heavy atom. The first kappa shape index (κ1) is 19.3. The Morgan fingerprint density at radius 2 is 1.73 bits per heavy atom. The van der Waals surface area contributed by atoms with Crippen LogP contribution < -0.4 is 0 Å². The molecule has 0 atom stereocenters. The van der Waals surface area contributed by atoms with E-state index in [0.29, 0.717) is 18.2 Å². The van der Waals surface area contributed by atoms with Crippen molar-refractivity contribution in [1.29, 1.82) is 0 Å². The lowest BCUT2D eigenvalue weighted by molar-refractivity contribution is -0.134. The molecule has 2 aliphatic heterocycles. The molecule has 3 heterocycles. The van der Waals surface area contributed by atoms with Gasteiger partial charge in [0, 0.05) is 32.0 Å². The number of nitrogens with zero attached hydrogens (tertiary/aromatic N) is 5. The van der Waals surface area contributed by atoms with Gasteiger partial charge in [-0.2, -0.15) is 0 Å². The summed E-state index contributed by atoms with van der Waals surface area (Å²) < 4.78 is 2.32. The predicted octanol–water partition coefficient (Wildman–Crippen LogP) is 3.04. The molecule has 2 fully saturated rings. The van der Waals surface area contributed by atoms with Crippen LogP contribution in [-0.4, -0.2) is 56.7 Å². The lowest BCUT2D eigenvalue weighted by Crippen LogP contribution is -2.39. The Bertz CT molecular complexity index is 604. The lowest BCUT2D eigenvalue weighted by atomic mass is 9.90. The van der Waals surface area contributed by atoms with Crippen molar-refractivity contribution >= 4 is 5.91 Å². The Labute approximate surface area is 157 Å². The van der Waals surface area contributed by atoms with Crippen molar-refractivity contribution in [2.45, 2.75) is 78.8 Å². The fourth-order valence-electron chi connectivity index (χ4n) is 4.21. The number of amides is 1. The van der Waals surface area contributed by atoms with Crippen LogP contribution in [0, 0.1) is 5.41 Å². The number of carbonyl (C=O) groups is 1. The van der Waals surface area contributed by atoms with Gasteiger partial charge >= 0.3 is 0 Å². The lowest BCUT2D eigenvalue weighted by Gasteiger charge is -2.33. The van der Waals surface area contributed by atoms with Gasteiger partial charge in [-0.3, -0.25) is 9.69 Å². The SMILES string of the molecule is CCn1c(CN2CCCC2)nnc1C1CCN(C(=O)CC(C)(C)C)CC1. The summed E-state index contributed by atoms with van der Waals surface area (Å²) in [4.78, 5) is 17.0. The third-order valence-electron chi connectivity index (χ3n) is 5.63. The molecule has 0 unspecified atom stereocenters. The third kappa shape index (κ3) is 4.64. The molecule has 0 radical (unpaired) electrons. The van der Waals surface area contributed by atoms with Gasteiger partial charge in [0.1, 0.15) is 11.6 Å². The molecule has 6 heteroatoms. The number of rotatable bonds is 5. The minimum atomic E-state index is 0.0563. The van der Waals surface area contributed by atoms with E-state index in [1.54, 1.807) is 0 Å². The van der Waals surface area contributed by atoms with Crippen molar-refractivity contribution < 1.29 is 4.79 Å². The molecule has 0 aliphatic carbocycles. The van der Waals surface area contributed by atoms with Gasteiger partial charge in [0.05, 0.1) is 6.54 Å². The second-order valence-electron chi connectivity index (χ2n) is 9.09. The Morgan fingerprint density at radius 1 is 1.08 bits per heavy atom. The second-order valence-corrected chi connectivity index (χ2v) is 9.09. The van der Waals surface area contributed by atoms with Crippen molar-refractivity contribution in [3.05, 3.63) is 11.6 Å². The highest BCUT2D eigenvalue weighted by molar-refractivity contribution is 5.76. The quantitative estimate of drug-likeness (QED) is 0.809. The summed E-state index contributed by atoms with van der Waals surface area (Å²) in [5, 5.41) is 9.08. The van der Waals surface area contributed by atoms with Gasteiger partial charge in [-0.1, -0.05) is 20.8 Å². The van der Waals surface area contributed by atoms with Gasteiger partial charge < -0.3 is 9.47 Å². The number of hydrogen-bond acceptors (Lipinski definition) is 4. The summed E-state index contributed by atoms with van der Waals surface area (Å²) in [6.45, 7) is 14.5. The number of carbonyl (C=O) groups excluding carboxylic acids is 1. The Kier molecular flexibility index (Phi) is 6.00. The predicted molar refractivity (Wildman–Crippen MR) is 103 cm³/mol. The Balaban J connectivity index is 1.60. The topological polar surface area (TPSA) is 54.3 Å². The minimum Gasteiger partial charge on any atom is -0.343 e. The van der Waals surface area contributed by atoms with Crippen molar-refractivity contribution in [2.75, 3.05) is 26.2 Å². The molecule has 0 bridgehead atoms. The van der Waals surface area contributed by atoms with Crippen LogP contribution in [0.4, 0.5) is 0 Å². The zero-order valence-electron chi connectivity index (χ0n) is 17.0. The molecule has 1 amide bonds. The van der Waals surface area contributed by atoms with Gasteiger partial charge in [0.25, 0.3) is 0 Å². The number of hydrogen-bond donors (Lipinski definition) is 0. The first-order valence-electron chi connectivity index (χ1n) is 10.3. The first-order chi connectivity index (χ1) is 12.4. The van der Waals surface area contributed by atoms with E-state index in [0.717, 1.165) is 50.7 Å². The smallest absolute Gasteiger partial charge is 0.223 e. The van der Waals surface area contributed by atoms with Crippen LogP contribution in [0.15, 0.2) is 0 Å². The summed E-state index contributed by atoms with van der Waals surface area (Å²) in [5.41, 5.74) is 0.0563. The molecule has 1 aromatic heterocycles. The van der Waals surface area contributed by atoms with Crippen LogP contribution in [0.2, 0.25) is 0 Å². The van der Waals surface area contributed by atoms with E-state index in [-0.39, 0.29) is 5.41 Å². The van der Waals surface area contributed by atoms with E-state index >= 15 is 0 Å². The van der Waals surface area contributed by atoms with Crippen molar-refractivity contribution in [3.8, 4) is 0 Å². The summed E-state index contributed by atoms with van der Waals surface area (Å²) in [6, 6.07) is 0. The fourth-order valence-corrected chi connectivity index (χ4v) is 4.21. The van der Waals surface area contributed by atoms with E-state index < -0.39 is 0 Å². The molecule has 0 aromatic carbocycles. The third-order valence-corrected chi connectivity index (χ3v) is 5.63. The molecule has 0 saturated carbocycles. The summed E-state index contributed by atoms with van der Waals surface area (Å²) >= 11 is 0. The minimum absolute atomic E-state index is 0.0563. The maximum Gasteiger partial charge on any atom is 0.223 e. The van der Waals surface area contributed by atoms with Crippen LogP contribution in [0.1, 0.15) is 77.4 Å². The average molecular weight is 362 g/mol. The molecule has 0 spiro atoms. The molecule has 1 aromatic rings. The molecule has 2 saturated heterocycles. The zero-order chi connectivity index (χ0) is 18.7. The molecule has 0 N–H and O–H groups in total. The normalized spacial score (nSPS) is 20.1. The van der Waals surface area contributed by atoms with Crippen LogP contribution in [0.25, 0.3) is 0 Å². The van der Waals surface area contributed by atoms with Gasteiger partial charge in [0.15, 0.2) is 0 Å². The maximum atomic E-state index is 12.5. The largest absolute Gasteiger partial charge is 0.343 e. The molecular formula is C20H35N5O. The van der Waals surface area contributed by atoms with E-state index in [4.69, 9.17) is 0 Å². The van der Waals surface area contributed by atoms with Crippen LogP contribution in [-0.2, 0) is 17.9 Å². The molecule has 3 rings (SSSR count). The Hall–Kier alpha value is -1.43. The molecule has 6 nitrogen and oxygen atoms in total. The van der Waals surface area contributed by atoms with Crippen molar-refractivity contribution in [3.63, 3.8) is 0 Å². The highest BCUT2D eigenvalue weighted by Crippen LogP contribution is 2.29. The highest BCUT2D eigenvalue weighted by atomic mass is 16.2. The van der Waals surface area contributed by atoms with Gasteiger partial charge in [-0.05, 0) is 51.1 Å². The van der Waals surface area contributed by atoms with Gasteiger partial charge in [-0.25, -0.2) is 0 Å². The molecule has 2 aliphatic rings. The molecule has 146 valence electrons. The zero-order valence-corrected chi connectivity index (χ0v) is 17.0. The van der Waals surface area contributed by atoms with Crippen molar-refractivity contribution in [2.24, 2.45) is 5.41 Å². The molecular weight excluding hydrogens is 326 g/mol. The standard InChI is InChI=1S/C20H35N5O/c1-5-25-17(15-23-10-6-7-11-23)21-22-19(25)16-8-12-24(13-9-16)18(26)14-20(2,3)4/h16H,5-15H2,1-4H3. The summed E-state index contributed by atoms with van der Waals surface area (Å²) in [5.74, 6) is 2.95. The van der Waals surface area contributed by atoms with Crippen molar-refractivity contribution in [1.82, 2.24) is 24.6 Å². The van der Waals surface area contributed by atoms with Crippen LogP contribution >= 0.6 is 0 Å². The van der Waals surface area contributed by atoms with E-state index in [9.17, 15) is 4.79 Å². The number of likely N-dealkylation sites (tertiary alicyclic amines) is 2. The highest BCUT2D eigenvalue weighted by Gasteiger charge is 2.29. The van der Waals surface area contributed by atoms with E-state index in [2.05, 4.69) is 47.4 Å². The number of piperidine rings is 1. The fraction of sp³-hybridized carbons (Fsp3) is 0.850. The maximum absolute atomic E-state index is 12.5. The van der Waals surface area contributed by atoms with Crippen LogP contribution in [0.3, 0.4) is 0 Å². The summed E-state index contributed by atoms with van der Waals surface area (Å²) in [6.07, 6.45) is 5.22.